The van der Waals surface area contributed by atoms with Crippen LogP contribution in [0.4, 0.5) is 11.5 Å². The highest BCUT2D eigenvalue weighted by molar-refractivity contribution is 7.90. The molecule has 0 aliphatic heterocycles. The Labute approximate surface area is 102 Å². The lowest BCUT2D eigenvalue weighted by Crippen LogP contribution is -2.28. The minimum absolute atomic E-state index is 0.284. The lowest BCUT2D eigenvalue weighted by atomic mass is 10.3. The Morgan fingerprint density at radius 3 is 2.35 bits per heavy atom. The summed E-state index contributed by atoms with van der Waals surface area (Å²) in [7, 11) is -0.539. The molecule has 0 atom stereocenters. The molecule has 6 nitrogen and oxygen atoms in total. The lowest BCUT2D eigenvalue weighted by Gasteiger charge is -2.14. The maximum atomic E-state index is 11.5. The minimum atomic E-state index is -3.46. The molecular weight excluding hydrogens is 240 g/mol. The van der Waals surface area contributed by atoms with Gasteiger partial charge < -0.3 is 5.32 Å². The first-order valence-electron chi connectivity index (χ1n) is 5.24. The summed E-state index contributed by atoms with van der Waals surface area (Å²) in [5.74, 6) is 0.716. The first-order chi connectivity index (χ1) is 7.81. The van der Waals surface area contributed by atoms with Gasteiger partial charge in [-0.15, -0.1) is 0 Å². The second-order valence-electron chi connectivity index (χ2n) is 4.12. The van der Waals surface area contributed by atoms with Gasteiger partial charge in [-0.2, -0.15) is 12.7 Å². The maximum Gasteiger partial charge on any atom is 0.301 e. The number of nitrogens with one attached hydrogen (secondary N) is 2. The van der Waals surface area contributed by atoms with Crippen LogP contribution in [0.1, 0.15) is 13.8 Å². The van der Waals surface area contributed by atoms with Gasteiger partial charge in [0.05, 0.1) is 11.9 Å². The van der Waals surface area contributed by atoms with Crippen LogP contribution >= 0.6 is 0 Å². The molecule has 0 amide bonds. The fourth-order valence-electron chi connectivity index (χ4n) is 1.08. The maximum absolute atomic E-state index is 11.5. The van der Waals surface area contributed by atoms with E-state index in [0.717, 1.165) is 4.31 Å². The highest BCUT2D eigenvalue weighted by atomic mass is 32.2. The van der Waals surface area contributed by atoms with Crippen molar-refractivity contribution in [1.29, 1.82) is 0 Å². The Morgan fingerprint density at radius 1 is 1.29 bits per heavy atom. The van der Waals surface area contributed by atoms with Crippen molar-refractivity contribution >= 4 is 21.7 Å². The highest BCUT2D eigenvalue weighted by Crippen LogP contribution is 2.12. The predicted octanol–water partition coefficient (Wildman–Crippen LogP) is 1.12. The van der Waals surface area contributed by atoms with Gasteiger partial charge in [0, 0.05) is 20.1 Å². The SMILES string of the molecule is CC(C)Nc1ccc(NS(=O)(=O)N(C)C)cn1. The Kier molecular flexibility index (Phi) is 4.30. The third kappa shape index (κ3) is 4.20. The molecule has 0 radical (unpaired) electrons. The van der Waals surface area contributed by atoms with Crippen molar-refractivity contribution in [1.82, 2.24) is 9.29 Å². The summed E-state index contributed by atoms with van der Waals surface area (Å²) in [6.07, 6.45) is 1.48. The molecule has 0 aliphatic carbocycles. The molecule has 0 aliphatic rings. The largest absolute Gasteiger partial charge is 0.368 e. The smallest absolute Gasteiger partial charge is 0.301 e. The van der Waals surface area contributed by atoms with Gasteiger partial charge in [0.25, 0.3) is 0 Å². The van der Waals surface area contributed by atoms with E-state index in [1.54, 1.807) is 12.1 Å². The number of aromatic nitrogens is 1. The first kappa shape index (κ1) is 13.7. The molecular formula is C10H18N4O2S. The number of hydrogen-bond donors (Lipinski definition) is 2. The molecule has 1 aromatic rings. The molecule has 7 heteroatoms. The molecule has 0 aromatic carbocycles. The third-order valence-electron chi connectivity index (χ3n) is 1.93. The molecule has 0 spiro atoms. The average Bonchev–Trinajstić information content (AvgIpc) is 2.19. The van der Waals surface area contributed by atoms with E-state index in [1.807, 2.05) is 13.8 Å². The predicted molar refractivity (Wildman–Crippen MR) is 69.2 cm³/mol. The standard InChI is InChI=1S/C10H18N4O2S/c1-8(2)12-10-6-5-9(7-11-10)13-17(15,16)14(3)4/h5-8,13H,1-4H3,(H,11,12). The Morgan fingerprint density at radius 2 is 1.94 bits per heavy atom. The second kappa shape index (κ2) is 5.33. The van der Waals surface area contributed by atoms with Gasteiger partial charge in [-0.1, -0.05) is 0 Å². The molecule has 0 saturated heterocycles. The van der Waals surface area contributed by atoms with E-state index in [1.165, 1.54) is 20.3 Å². The van der Waals surface area contributed by atoms with Crippen LogP contribution in [0.5, 0.6) is 0 Å². The van der Waals surface area contributed by atoms with Gasteiger partial charge in [0.2, 0.25) is 0 Å². The Hall–Kier alpha value is -1.34. The number of rotatable bonds is 5. The first-order valence-corrected chi connectivity index (χ1v) is 6.68. The fraction of sp³-hybridized carbons (Fsp3) is 0.500. The van der Waals surface area contributed by atoms with Crippen molar-refractivity contribution in [2.45, 2.75) is 19.9 Å². The summed E-state index contributed by atoms with van der Waals surface area (Å²) >= 11 is 0. The monoisotopic (exact) mass is 258 g/mol. The van der Waals surface area contributed by atoms with Gasteiger partial charge >= 0.3 is 10.2 Å². The van der Waals surface area contributed by atoms with E-state index in [2.05, 4.69) is 15.0 Å². The van der Waals surface area contributed by atoms with Crippen LogP contribution in [-0.2, 0) is 10.2 Å². The zero-order valence-electron chi connectivity index (χ0n) is 10.4. The van der Waals surface area contributed by atoms with Crippen molar-refractivity contribution in [3.8, 4) is 0 Å². The lowest BCUT2D eigenvalue weighted by molar-refractivity contribution is 0.527. The van der Waals surface area contributed by atoms with E-state index < -0.39 is 10.2 Å². The summed E-state index contributed by atoms with van der Waals surface area (Å²) in [5.41, 5.74) is 0.438. The molecule has 17 heavy (non-hydrogen) atoms. The van der Waals surface area contributed by atoms with Crippen LogP contribution in [0, 0.1) is 0 Å². The molecule has 96 valence electrons. The molecule has 0 saturated carbocycles. The Balaban J connectivity index is 2.76. The average molecular weight is 258 g/mol. The molecule has 1 heterocycles. The van der Waals surface area contributed by atoms with Crippen LogP contribution in [0.25, 0.3) is 0 Å². The van der Waals surface area contributed by atoms with E-state index in [4.69, 9.17) is 0 Å². The molecule has 0 bridgehead atoms. The van der Waals surface area contributed by atoms with Crippen LogP contribution < -0.4 is 10.0 Å². The van der Waals surface area contributed by atoms with Gasteiger partial charge in [-0.05, 0) is 26.0 Å². The zero-order chi connectivity index (χ0) is 13.1. The van der Waals surface area contributed by atoms with Crippen LogP contribution in [0.3, 0.4) is 0 Å². The normalized spacial score (nSPS) is 11.9. The summed E-state index contributed by atoms with van der Waals surface area (Å²) in [6, 6.07) is 3.68. The molecule has 1 rings (SSSR count). The number of pyridine rings is 1. The summed E-state index contributed by atoms with van der Waals surface area (Å²) in [4.78, 5) is 4.11. The third-order valence-corrected chi connectivity index (χ3v) is 3.38. The fourth-order valence-corrected chi connectivity index (χ4v) is 1.68. The van der Waals surface area contributed by atoms with E-state index >= 15 is 0 Å². The van der Waals surface area contributed by atoms with Crippen LogP contribution in [0.15, 0.2) is 18.3 Å². The number of nitrogens with zero attached hydrogens (tertiary/aromatic N) is 2. The quantitative estimate of drug-likeness (QED) is 0.830. The number of anilines is 2. The molecule has 1 aromatic heterocycles. The van der Waals surface area contributed by atoms with Gasteiger partial charge in [-0.3, -0.25) is 4.72 Å². The molecule has 0 unspecified atom stereocenters. The van der Waals surface area contributed by atoms with Crippen molar-refractivity contribution in [3.05, 3.63) is 18.3 Å². The van der Waals surface area contributed by atoms with Crippen LogP contribution in [-0.4, -0.2) is 37.8 Å². The van der Waals surface area contributed by atoms with Gasteiger partial charge in [0.15, 0.2) is 0 Å². The van der Waals surface area contributed by atoms with Crippen molar-refractivity contribution < 1.29 is 8.42 Å². The second-order valence-corrected chi connectivity index (χ2v) is 6.01. The minimum Gasteiger partial charge on any atom is -0.368 e. The molecule has 2 N–H and O–H groups in total. The molecule has 0 fully saturated rings. The van der Waals surface area contributed by atoms with Crippen LogP contribution in [0.2, 0.25) is 0 Å². The van der Waals surface area contributed by atoms with Crippen molar-refractivity contribution in [3.63, 3.8) is 0 Å². The van der Waals surface area contributed by atoms with Gasteiger partial charge in [-0.25, -0.2) is 4.98 Å². The van der Waals surface area contributed by atoms with E-state index in [0.29, 0.717) is 11.5 Å². The summed E-state index contributed by atoms with van der Waals surface area (Å²) in [6.45, 7) is 4.01. The summed E-state index contributed by atoms with van der Waals surface area (Å²) in [5, 5.41) is 3.12. The zero-order valence-corrected chi connectivity index (χ0v) is 11.2. The van der Waals surface area contributed by atoms with Crippen molar-refractivity contribution in [2.75, 3.05) is 24.1 Å². The Bertz CT molecular complexity index is 454. The van der Waals surface area contributed by atoms with E-state index in [-0.39, 0.29) is 6.04 Å². The highest BCUT2D eigenvalue weighted by Gasteiger charge is 2.12. The topological polar surface area (TPSA) is 74.3 Å². The van der Waals surface area contributed by atoms with Crippen molar-refractivity contribution in [2.24, 2.45) is 0 Å². The van der Waals surface area contributed by atoms with E-state index in [9.17, 15) is 8.42 Å². The summed E-state index contributed by atoms with van der Waals surface area (Å²) < 4.78 is 26.6. The number of hydrogen-bond acceptors (Lipinski definition) is 4. The van der Waals surface area contributed by atoms with Gasteiger partial charge in [0.1, 0.15) is 5.82 Å².